The minimum absolute atomic E-state index is 0.866. The van der Waals surface area contributed by atoms with Gasteiger partial charge in [-0.1, -0.05) is 127 Å². The van der Waals surface area contributed by atoms with Gasteiger partial charge in [0.05, 0.1) is 21.4 Å². The fraction of sp³-hybridized carbons (Fsp3) is 0. The molecule has 0 amide bonds. The van der Waals surface area contributed by atoms with E-state index < -0.39 is 0 Å². The summed E-state index contributed by atoms with van der Waals surface area (Å²) < 4.78 is 7.72. The third-order valence-corrected chi connectivity index (χ3v) is 10.4. The van der Waals surface area contributed by atoms with E-state index in [-0.39, 0.29) is 0 Å². The molecule has 0 saturated carbocycles. The van der Waals surface area contributed by atoms with E-state index in [4.69, 9.17) is 14.4 Å². The summed E-state index contributed by atoms with van der Waals surface area (Å²) in [5, 5.41) is 6.69. The van der Waals surface area contributed by atoms with Gasteiger partial charge in [0.25, 0.3) is 0 Å². The third kappa shape index (κ3) is 4.27. The first-order valence-corrected chi connectivity index (χ1v) is 16.9. The minimum Gasteiger partial charge on any atom is -0.456 e. The van der Waals surface area contributed by atoms with E-state index in [0.717, 1.165) is 76.7 Å². The number of fused-ring (bicyclic) bond motifs is 7. The number of benzene rings is 7. The lowest BCUT2D eigenvalue weighted by atomic mass is 9.89. The Morgan fingerprint density at radius 1 is 0.417 bits per heavy atom. The van der Waals surface area contributed by atoms with Crippen LogP contribution in [0.2, 0.25) is 0 Å². The fourth-order valence-corrected chi connectivity index (χ4v) is 8.07. The van der Waals surface area contributed by atoms with Crippen LogP contribution in [0.25, 0.3) is 97.9 Å². The highest BCUT2D eigenvalue weighted by Gasteiger charge is 2.21. The van der Waals surface area contributed by atoms with Crippen molar-refractivity contribution >= 4 is 65.2 Å². The predicted octanol–water partition coefficient (Wildman–Crippen LogP) is 12.6. The van der Waals surface area contributed by atoms with E-state index in [1.807, 2.05) is 12.1 Å². The molecule has 4 heteroatoms. The van der Waals surface area contributed by atoms with Crippen LogP contribution in [-0.2, 0) is 0 Å². The molecule has 7 aromatic carbocycles. The molecule has 0 unspecified atom stereocenters. The van der Waals surface area contributed by atoms with Crippen molar-refractivity contribution in [2.24, 2.45) is 0 Å². The Morgan fingerprint density at radius 3 is 1.90 bits per heavy atom. The molecule has 10 rings (SSSR count). The summed E-state index contributed by atoms with van der Waals surface area (Å²) in [6, 6.07) is 55.4. The third-order valence-electron chi connectivity index (χ3n) is 9.29. The predicted molar refractivity (Wildman–Crippen MR) is 201 cm³/mol. The van der Waals surface area contributed by atoms with Gasteiger partial charge in [-0.05, 0) is 47.0 Å². The number of pyridine rings is 1. The van der Waals surface area contributed by atoms with Gasteiger partial charge in [0.15, 0.2) is 0 Å². The first-order chi connectivity index (χ1) is 23.8. The van der Waals surface area contributed by atoms with Gasteiger partial charge in [-0.15, -0.1) is 11.3 Å². The molecule has 0 aliphatic rings. The fourth-order valence-electron chi connectivity index (χ4n) is 7.06. The maximum atomic E-state index is 6.54. The number of thiazole rings is 1. The van der Waals surface area contributed by atoms with E-state index in [1.54, 1.807) is 11.3 Å². The van der Waals surface area contributed by atoms with Crippen LogP contribution >= 0.6 is 11.3 Å². The van der Waals surface area contributed by atoms with E-state index in [2.05, 4.69) is 146 Å². The van der Waals surface area contributed by atoms with Gasteiger partial charge in [-0.2, -0.15) is 0 Å². The number of furan rings is 1. The maximum absolute atomic E-state index is 6.54. The smallest absolute Gasteiger partial charge is 0.136 e. The number of hydrogen-bond donors (Lipinski definition) is 0. The summed E-state index contributed by atoms with van der Waals surface area (Å²) in [7, 11) is 0. The van der Waals surface area contributed by atoms with Crippen molar-refractivity contribution in [3.05, 3.63) is 158 Å². The molecule has 0 fully saturated rings. The van der Waals surface area contributed by atoms with Crippen LogP contribution in [0.15, 0.2) is 162 Å². The Morgan fingerprint density at radius 2 is 1.08 bits per heavy atom. The van der Waals surface area contributed by atoms with Crippen molar-refractivity contribution in [1.82, 2.24) is 9.97 Å². The number of aromatic nitrogens is 2. The zero-order valence-electron chi connectivity index (χ0n) is 25.7. The van der Waals surface area contributed by atoms with Crippen molar-refractivity contribution in [1.29, 1.82) is 0 Å². The second kappa shape index (κ2) is 10.7. The monoisotopic (exact) mass is 630 g/mol. The summed E-state index contributed by atoms with van der Waals surface area (Å²) in [5.74, 6) is 0. The molecule has 3 nitrogen and oxygen atoms in total. The highest BCUT2D eigenvalue weighted by Crippen LogP contribution is 2.46. The minimum atomic E-state index is 0.866. The summed E-state index contributed by atoms with van der Waals surface area (Å²) >= 11 is 1.73. The summed E-state index contributed by atoms with van der Waals surface area (Å²) in [4.78, 5) is 10.2. The van der Waals surface area contributed by atoms with E-state index in [0.29, 0.717) is 0 Å². The molecular weight excluding hydrogens is 605 g/mol. The van der Waals surface area contributed by atoms with Crippen molar-refractivity contribution in [2.75, 3.05) is 0 Å². The molecule has 48 heavy (non-hydrogen) atoms. The van der Waals surface area contributed by atoms with Gasteiger partial charge >= 0.3 is 0 Å². The molecule has 0 atom stereocenters. The molecule has 3 aromatic heterocycles. The molecule has 0 aliphatic heterocycles. The van der Waals surface area contributed by atoms with E-state index in [1.165, 1.54) is 21.2 Å². The molecule has 0 radical (unpaired) electrons. The van der Waals surface area contributed by atoms with Crippen LogP contribution in [0.5, 0.6) is 0 Å². The lowest BCUT2D eigenvalue weighted by Crippen LogP contribution is -1.93. The standard InChI is InChI=1S/C44H26N2OS/c1-3-11-28(12-4-1)40-41-32-15-7-9-17-35(32)45-43(34(41)26-38-42(40)33-16-8-10-18-37(33)47-38)29-21-19-27(20-22-29)31-23-24-36-39(25-31)48-44(46-36)30-13-5-2-6-14-30/h1-26H. The van der Waals surface area contributed by atoms with Crippen LogP contribution in [0, 0.1) is 0 Å². The Labute approximate surface area is 280 Å². The summed E-state index contributed by atoms with van der Waals surface area (Å²) in [5.41, 5.74) is 11.6. The SMILES string of the molecule is c1ccc(-c2nc3ccc(-c4ccc(-c5nc6ccccc6c6c(-c7ccccc7)c7c(cc56)oc5ccccc57)cc4)cc3s2)cc1. The largest absolute Gasteiger partial charge is 0.456 e. The molecular formula is C44H26N2OS. The van der Waals surface area contributed by atoms with Crippen LogP contribution in [-0.4, -0.2) is 9.97 Å². The van der Waals surface area contributed by atoms with Gasteiger partial charge in [-0.3, -0.25) is 0 Å². The average molecular weight is 631 g/mol. The Hall–Kier alpha value is -6.10. The summed E-state index contributed by atoms with van der Waals surface area (Å²) in [6.07, 6.45) is 0. The second-order valence-corrected chi connectivity index (χ2v) is 13.2. The van der Waals surface area contributed by atoms with E-state index >= 15 is 0 Å². The maximum Gasteiger partial charge on any atom is 0.136 e. The molecule has 0 aliphatic carbocycles. The lowest BCUT2D eigenvalue weighted by molar-refractivity contribution is 0.669. The number of hydrogen-bond acceptors (Lipinski definition) is 4. The molecule has 0 saturated heterocycles. The Balaban J connectivity index is 1.17. The van der Waals surface area contributed by atoms with Gasteiger partial charge < -0.3 is 4.42 Å². The van der Waals surface area contributed by atoms with Crippen LogP contribution in [0.4, 0.5) is 0 Å². The highest BCUT2D eigenvalue weighted by molar-refractivity contribution is 7.21. The van der Waals surface area contributed by atoms with E-state index in [9.17, 15) is 0 Å². The average Bonchev–Trinajstić information content (AvgIpc) is 3.76. The van der Waals surface area contributed by atoms with Gasteiger partial charge in [-0.25, -0.2) is 9.97 Å². The topological polar surface area (TPSA) is 38.9 Å². The van der Waals surface area contributed by atoms with Crippen molar-refractivity contribution in [3.8, 4) is 44.1 Å². The normalized spacial score (nSPS) is 11.8. The van der Waals surface area contributed by atoms with Gasteiger partial charge in [0.2, 0.25) is 0 Å². The second-order valence-electron chi connectivity index (χ2n) is 12.1. The molecule has 10 aromatic rings. The zero-order chi connectivity index (χ0) is 31.6. The van der Waals surface area contributed by atoms with Crippen LogP contribution < -0.4 is 0 Å². The molecule has 0 N–H and O–H groups in total. The number of rotatable bonds is 4. The van der Waals surface area contributed by atoms with Crippen molar-refractivity contribution in [2.45, 2.75) is 0 Å². The first kappa shape index (κ1) is 27.1. The molecule has 3 heterocycles. The van der Waals surface area contributed by atoms with Crippen LogP contribution in [0.3, 0.4) is 0 Å². The number of para-hydroxylation sites is 2. The van der Waals surface area contributed by atoms with Gasteiger partial charge in [0.1, 0.15) is 16.2 Å². The van der Waals surface area contributed by atoms with Crippen LogP contribution in [0.1, 0.15) is 0 Å². The molecule has 0 spiro atoms. The highest BCUT2D eigenvalue weighted by atomic mass is 32.1. The quantitative estimate of drug-likeness (QED) is 0.182. The number of nitrogens with zero attached hydrogens (tertiary/aromatic N) is 2. The first-order valence-electron chi connectivity index (χ1n) is 16.1. The lowest BCUT2D eigenvalue weighted by Gasteiger charge is -2.16. The van der Waals surface area contributed by atoms with Crippen molar-refractivity contribution < 1.29 is 4.42 Å². The Bertz CT molecular complexity index is 2820. The van der Waals surface area contributed by atoms with Crippen molar-refractivity contribution in [3.63, 3.8) is 0 Å². The Kier molecular flexibility index (Phi) is 6.05. The van der Waals surface area contributed by atoms with Gasteiger partial charge in [0, 0.05) is 43.6 Å². The summed E-state index contributed by atoms with van der Waals surface area (Å²) in [6.45, 7) is 0. The zero-order valence-corrected chi connectivity index (χ0v) is 26.5. The molecule has 0 bridgehead atoms. The molecule has 224 valence electrons.